The van der Waals surface area contributed by atoms with Gasteiger partial charge in [0.15, 0.2) is 9.84 Å². The van der Waals surface area contributed by atoms with Crippen LogP contribution in [-0.4, -0.2) is 32.4 Å². The largest absolute Gasteiger partial charge is 0.490 e. The zero-order valence-electron chi connectivity index (χ0n) is 9.16. The van der Waals surface area contributed by atoms with Gasteiger partial charge in [0.25, 0.3) is 0 Å². The van der Waals surface area contributed by atoms with Crippen LogP contribution in [-0.2, 0) is 14.6 Å². The molecule has 0 atom stereocenters. The fourth-order valence-corrected chi connectivity index (χ4v) is 1.71. The highest BCUT2D eigenvalue weighted by atomic mass is 32.2. The highest BCUT2D eigenvalue weighted by Crippen LogP contribution is 2.15. The Bertz CT molecular complexity index is 513. The molecule has 1 N–H and O–H groups in total. The maximum absolute atomic E-state index is 11.2. The first kappa shape index (κ1) is 13.2. The molecule has 6 heteroatoms. The minimum Gasteiger partial charge on any atom is -0.490 e. The third-order valence-corrected chi connectivity index (χ3v) is 2.99. The molecule has 0 saturated heterocycles. The molecular weight excluding hydrogens is 244 g/mol. The number of aliphatic carboxylic acids is 1. The summed E-state index contributed by atoms with van der Waals surface area (Å²) in [5.41, 5.74) is 0. The first-order valence-corrected chi connectivity index (χ1v) is 6.61. The van der Waals surface area contributed by atoms with Gasteiger partial charge in [-0.3, -0.25) is 0 Å². The standard InChI is InChI=1S/C11H12O5S/c1-17(14,15)10-6-4-9(5-7-10)16-8-2-3-11(12)13/h2-7H,8H2,1H3,(H,12,13). The second-order valence-electron chi connectivity index (χ2n) is 3.30. The Labute approximate surface area is 99.3 Å². The predicted octanol–water partition coefficient (Wildman–Crippen LogP) is 1.11. The van der Waals surface area contributed by atoms with Crippen LogP contribution < -0.4 is 4.74 Å². The molecule has 0 fully saturated rings. The predicted molar refractivity (Wildman–Crippen MR) is 61.8 cm³/mol. The van der Waals surface area contributed by atoms with E-state index in [9.17, 15) is 13.2 Å². The number of benzene rings is 1. The van der Waals surface area contributed by atoms with E-state index >= 15 is 0 Å². The molecule has 5 nitrogen and oxygen atoms in total. The average molecular weight is 256 g/mol. The fraction of sp³-hybridized carbons (Fsp3) is 0.182. The van der Waals surface area contributed by atoms with Crippen molar-refractivity contribution in [3.8, 4) is 5.75 Å². The van der Waals surface area contributed by atoms with Gasteiger partial charge in [0.05, 0.1) is 4.90 Å². The van der Waals surface area contributed by atoms with Crippen molar-refractivity contribution >= 4 is 15.8 Å². The van der Waals surface area contributed by atoms with E-state index in [1.165, 1.54) is 30.3 Å². The second-order valence-corrected chi connectivity index (χ2v) is 5.31. The molecule has 0 heterocycles. The molecule has 0 unspecified atom stereocenters. The highest BCUT2D eigenvalue weighted by Gasteiger charge is 2.05. The summed E-state index contributed by atoms with van der Waals surface area (Å²) in [5.74, 6) is -0.562. The van der Waals surface area contributed by atoms with Gasteiger partial charge in [-0.25, -0.2) is 13.2 Å². The van der Waals surface area contributed by atoms with Crippen LogP contribution in [0.25, 0.3) is 0 Å². The molecule has 0 aliphatic carbocycles. The Hall–Kier alpha value is -1.82. The van der Waals surface area contributed by atoms with Gasteiger partial charge in [-0.1, -0.05) is 0 Å². The van der Waals surface area contributed by atoms with Crippen molar-refractivity contribution in [3.05, 3.63) is 36.4 Å². The van der Waals surface area contributed by atoms with E-state index in [0.29, 0.717) is 5.75 Å². The molecule has 0 amide bonds. The molecule has 0 saturated carbocycles. The number of carboxylic acid groups (broad SMARTS) is 1. The average Bonchev–Trinajstić information content (AvgIpc) is 2.23. The Balaban J connectivity index is 2.61. The van der Waals surface area contributed by atoms with Gasteiger partial charge in [0.1, 0.15) is 12.4 Å². The quantitative estimate of drug-likeness (QED) is 0.798. The summed E-state index contributed by atoms with van der Waals surface area (Å²) in [5, 5.41) is 8.33. The molecule has 0 bridgehead atoms. The van der Waals surface area contributed by atoms with E-state index in [1.54, 1.807) is 0 Å². The Morgan fingerprint density at radius 3 is 2.41 bits per heavy atom. The van der Waals surface area contributed by atoms with Crippen molar-refractivity contribution in [2.45, 2.75) is 4.90 Å². The maximum Gasteiger partial charge on any atom is 0.328 e. The molecule has 0 aliphatic heterocycles. The summed E-state index contributed by atoms with van der Waals surface area (Å²) in [6, 6.07) is 5.91. The van der Waals surface area contributed by atoms with Crippen molar-refractivity contribution < 1.29 is 23.1 Å². The number of carboxylic acids is 1. The summed E-state index contributed by atoms with van der Waals surface area (Å²) in [4.78, 5) is 10.4. The van der Waals surface area contributed by atoms with Crippen molar-refractivity contribution in [1.82, 2.24) is 0 Å². The normalized spacial score (nSPS) is 11.6. The lowest BCUT2D eigenvalue weighted by atomic mass is 10.3. The summed E-state index contributed by atoms with van der Waals surface area (Å²) >= 11 is 0. The molecule has 92 valence electrons. The van der Waals surface area contributed by atoms with Crippen LogP contribution in [0.5, 0.6) is 5.75 Å². The van der Waals surface area contributed by atoms with Crippen molar-refractivity contribution in [3.63, 3.8) is 0 Å². The molecule has 0 radical (unpaired) electrons. The lowest BCUT2D eigenvalue weighted by molar-refractivity contribution is -0.131. The minimum absolute atomic E-state index is 0.116. The van der Waals surface area contributed by atoms with Crippen molar-refractivity contribution in [1.29, 1.82) is 0 Å². The maximum atomic E-state index is 11.2. The molecular formula is C11H12O5S. The van der Waals surface area contributed by atoms with Crippen LogP contribution >= 0.6 is 0 Å². The third kappa shape index (κ3) is 4.69. The van der Waals surface area contributed by atoms with Crippen LogP contribution in [0.4, 0.5) is 0 Å². The van der Waals surface area contributed by atoms with E-state index in [-0.39, 0.29) is 11.5 Å². The number of sulfone groups is 1. The van der Waals surface area contributed by atoms with E-state index < -0.39 is 15.8 Å². The molecule has 1 aromatic carbocycles. The van der Waals surface area contributed by atoms with Crippen LogP contribution in [0.15, 0.2) is 41.3 Å². The zero-order chi connectivity index (χ0) is 12.9. The summed E-state index contributed by atoms with van der Waals surface area (Å²) in [7, 11) is -3.20. The van der Waals surface area contributed by atoms with Gasteiger partial charge in [0.2, 0.25) is 0 Å². The third-order valence-electron chi connectivity index (χ3n) is 1.86. The monoisotopic (exact) mass is 256 g/mol. The number of hydrogen-bond acceptors (Lipinski definition) is 4. The van der Waals surface area contributed by atoms with Gasteiger partial charge in [-0.2, -0.15) is 0 Å². The molecule has 0 aliphatic rings. The fourth-order valence-electron chi connectivity index (χ4n) is 1.08. The van der Waals surface area contributed by atoms with Crippen LogP contribution in [0.3, 0.4) is 0 Å². The summed E-state index contributed by atoms with van der Waals surface area (Å²) in [6.45, 7) is 0.116. The lowest BCUT2D eigenvalue weighted by Crippen LogP contribution is -1.98. The van der Waals surface area contributed by atoms with E-state index in [1.807, 2.05) is 0 Å². The van der Waals surface area contributed by atoms with Crippen molar-refractivity contribution in [2.24, 2.45) is 0 Å². The van der Waals surface area contributed by atoms with E-state index in [0.717, 1.165) is 12.3 Å². The second kappa shape index (κ2) is 5.49. The van der Waals surface area contributed by atoms with Gasteiger partial charge in [-0.05, 0) is 30.3 Å². The smallest absolute Gasteiger partial charge is 0.328 e. The van der Waals surface area contributed by atoms with Crippen molar-refractivity contribution in [2.75, 3.05) is 12.9 Å². The van der Waals surface area contributed by atoms with Gasteiger partial charge in [-0.15, -0.1) is 0 Å². The Morgan fingerprint density at radius 2 is 1.94 bits per heavy atom. The zero-order valence-corrected chi connectivity index (χ0v) is 9.98. The van der Waals surface area contributed by atoms with Crippen LogP contribution in [0.1, 0.15) is 0 Å². The summed E-state index contributed by atoms with van der Waals surface area (Å²) < 4.78 is 27.5. The molecule has 0 aromatic heterocycles. The van der Waals surface area contributed by atoms with Gasteiger partial charge < -0.3 is 9.84 Å². The van der Waals surface area contributed by atoms with Crippen LogP contribution in [0, 0.1) is 0 Å². The SMILES string of the molecule is CS(=O)(=O)c1ccc(OCC=CC(=O)O)cc1. The van der Waals surface area contributed by atoms with E-state index in [2.05, 4.69) is 0 Å². The Morgan fingerprint density at radius 1 is 1.35 bits per heavy atom. The molecule has 1 rings (SSSR count). The number of hydrogen-bond donors (Lipinski definition) is 1. The number of ether oxygens (including phenoxy) is 1. The first-order valence-electron chi connectivity index (χ1n) is 4.72. The highest BCUT2D eigenvalue weighted by molar-refractivity contribution is 7.90. The topological polar surface area (TPSA) is 80.7 Å². The first-order chi connectivity index (χ1) is 7.89. The van der Waals surface area contributed by atoms with E-state index in [4.69, 9.17) is 9.84 Å². The summed E-state index contributed by atoms with van der Waals surface area (Å²) in [6.07, 6.45) is 3.45. The molecule has 0 spiro atoms. The van der Waals surface area contributed by atoms with Gasteiger partial charge in [0, 0.05) is 12.3 Å². The van der Waals surface area contributed by atoms with Gasteiger partial charge >= 0.3 is 5.97 Å². The molecule has 17 heavy (non-hydrogen) atoms. The van der Waals surface area contributed by atoms with Crippen LogP contribution in [0.2, 0.25) is 0 Å². The Kier molecular flexibility index (Phi) is 4.28. The lowest BCUT2D eigenvalue weighted by Gasteiger charge is -2.03. The number of rotatable bonds is 5. The minimum atomic E-state index is -3.20. The molecule has 1 aromatic rings. The number of carbonyl (C=O) groups is 1.